The molecular formula is C20H25N3O3. The number of hydrogen-bond acceptors (Lipinski definition) is 5. The number of aryl methyl sites for hydroxylation is 3. The first-order valence-corrected chi connectivity index (χ1v) is 8.96. The van der Waals surface area contributed by atoms with E-state index in [0.29, 0.717) is 12.6 Å². The van der Waals surface area contributed by atoms with Crippen LogP contribution in [0.4, 0.5) is 0 Å². The molecule has 6 nitrogen and oxygen atoms in total. The van der Waals surface area contributed by atoms with Gasteiger partial charge >= 0.3 is 6.01 Å². The van der Waals surface area contributed by atoms with Crippen molar-refractivity contribution in [2.75, 3.05) is 19.7 Å². The van der Waals surface area contributed by atoms with Crippen LogP contribution in [0.2, 0.25) is 0 Å². The van der Waals surface area contributed by atoms with E-state index in [9.17, 15) is 4.79 Å². The number of benzene rings is 1. The van der Waals surface area contributed by atoms with Crippen LogP contribution >= 0.6 is 0 Å². The SMILES string of the molecule is Cc1cc(C)nc(OC2CCCN(C(=O)COc3ccccc3C)C2)n1. The summed E-state index contributed by atoms with van der Waals surface area (Å²) in [4.78, 5) is 22.9. The molecule has 1 fully saturated rings. The van der Waals surface area contributed by atoms with Crippen LogP contribution in [0.3, 0.4) is 0 Å². The maximum atomic E-state index is 12.5. The van der Waals surface area contributed by atoms with Gasteiger partial charge in [-0.1, -0.05) is 18.2 Å². The third-order valence-electron chi connectivity index (χ3n) is 4.41. The largest absolute Gasteiger partial charge is 0.484 e. The highest BCUT2D eigenvalue weighted by atomic mass is 16.5. The molecule has 0 aliphatic carbocycles. The molecule has 0 N–H and O–H groups in total. The highest BCUT2D eigenvalue weighted by Gasteiger charge is 2.26. The van der Waals surface area contributed by atoms with E-state index in [-0.39, 0.29) is 18.6 Å². The van der Waals surface area contributed by atoms with Crippen molar-refractivity contribution in [3.05, 3.63) is 47.3 Å². The maximum absolute atomic E-state index is 12.5. The molecule has 0 spiro atoms. The summed E-state index contributed by atoms with van der Waals surface area (Å²) in [5.41, 5.74) is 2.78. The zero-order chi connectivity index (χ0) is 18.5. The standard InChI is InChI=1S/C20H25N3O3/c1-14-7-4-5-9-18(14)25-13-19(24)23-10-6-8-17(12-23)26-20-21-15(2)11-16(3)22-20/h4-5,7,9,11,17H,6,8,10,12-13H2,1-3H3. The van der Waals surface area contributed by atoms with Crippen molar-refractivity contribution in [3.8, 4) is 11.8 Å². The lowest BCUT2D eigenvalue weighted by Crippen LogP contribution is -2.46. The van der Waals surface area contributed by atoms with Crippen molar-refractivity contribution in [2.45, 2.75) is 39.7 Å². The van der Waals surface area contributed by atoms with Crippen LogP contribution in [0.5, 0.6) is 11.8 Å². The van der Waals surface area contributed by atoms with Gasteiger partial charge in [-0.15, -0.1) is 0 Å². The Kier molecular flexibility index (Phi) is 5.71. The van der Waals surface area contributed by atoms with Gasteiger partial charge in [-0.3, -0.25) is 4.79 Å². The zero-order valence-electron chi connectivity index (χ0n) is 15.6. The molecule has 1 unspecified atom stereocenters. The molecule has 1 atom stereocenters. The minimum Gasteiger partial charge on any atom is -0.484 e. The molecule has 1 saturated heterocycles. The van der Waals surface area contributed by atoms with Gasteiger partial charge in [0.15, 0.2) is 6.61 Å². The highest BCUT2D eigenvalue weighted by molar-refractivity contribution is 5.78. The summed E-state index contributed by atoms with van der Waals surface area (Å²) in [7, 11) is 0. The van der Waals surface area contributed by atoms with Gasteiger partial charge < -0.3 is 14.4 Å². The summed E-state index contributed by atoms with van der Waals surface area (Å²) < 4.78 is 11.6. The third kappa shape index (κ3) is 4.71. The van der Waals surface area contributed by atoms with E-state index in [2.05, 4.69) is 9.97 Å². The van der Waals surface area contributed by atoms with Crippen LogP contribution in [-0.2, 0) is 4.79 Å². The Bertz CT molecular complexity index is 758. The van der Waals surface area contributed by atoms with Crippen LogP contribution in [-0.4, -0.2) is 46.6 Å². The second-order valence-electron chi connectivity index (χ2n) is 6.71. The summed E-state index contributed by atoms with van der Waals surface area (Å²) >= 11 is 0. The Morgan fingerprint density at radius 2 is 1.92 bits per heavy atom. The molecule has 1 aromatic heterocycles. The lowest BCUT2D eigenvalue weighted by molar-refractivity contribution is -0.136. The number of aromatic nitrogens is 2. The fraction of sp³-hybridized carbons (Fsp3) is 0.450. The zero-order valence-corrected chi connectivity index (χ0v) is 15.6. The second kappa shape index (κ2) is 8.17. The molecule has 26 heavy (non-hydrogen) atoms. The number of nitrogens with zero attached hydrogens (tertiary/aromatic N) is 3. The topological polar surface area (TPSA) is 64.5 Å². The molecule has 6 heteroatoms. The quantitative estimate of drug-likeness (QED) is 0.825. The number of carbonyl (C=O) groups excluding carboxylic acids is 1. The smallest absolute Gasteiger partial charge is 0.317 e. The number of rotatable bonds is 5. The van der Waals surface area contributed by atoms with E-state index in [1.165, 1.54) is 0 Å². The highest BCUT2D eigenvalue weighted by Crippen LogP contribution is 2.18. The molecule has 1 aromatic carbocycles. The van der Waals surface area contributed by atoms with Crippen molar-refractivity contribution in [2.24, 2.45) is 0 Å². The van der Waals surface area contributed by atoms with Crippen molar-refractivity contribution < 1.29 is 14.3 Å². The number of para-hydroxylation sites is 1. The average Bonchev–Trinajstić information content (AvgIpc) is 2.60. The van der Waals surface area contributed by atoms with Crippen molar-refractivity contribution in [1.29, 1.82) is 0 Å². The molecule has 138 valence electrons. The number of amides is 1. The first-order chi connectivity index (χ1) is 12.5. The van der Waals surface area contributed by atoms with E-state index >= 15 is 0 Å². The molecule has 2 aromatic rings. The predicted octanol–water partition coefficient (Wildman–Crippen LogP) is 2.85. The van der Waals surface area contributed by atoms with E-state index in [0.717, 1.165) is 42.1 Å². The summed E-state index contributed by atoms with van der Waals surface area (Å²) in [6.07, 6.45) is 1.69. The van der Waals surface area contributed by atoms with Crippen molar-refractivity contribution in [1.82, 2.24) is 14.9 Å². The van der Waals surface area contributed by atoms with Crippen LogP contribution in [0.15, 0.2) is 30.3 Å². The van der Waals surface area contributed by atoms with E-state index in [1.807, 2.05) is 51.1 Å². The van der Waals surface area contributed by atoms with Crippen LogP contribution in [0.25, 0.3) is 0 Å². The Morgan fingerprint density at radius 1 is 1.19 bits per heavy atom. The van der Waals surface area contributed by atoms with Crippen molar-refractivity contribution in [3.63, 3.8) is 0 Å². The first-order valence-electron chi connectivity index (χ1n) is 8.96. The lowest BCUT2D eigenvalue weighted by Gasteiger charge is -2.32. The molecule has 1 aliphatic heterocycles. The molecule has 0 saturated carbocycles. The van der Waals surface area contributed by atoms with E-state index < -0.39 is 0 Å². The molecule has 2 heterocycles. The Hall–Kier alpha value is -2.63. The summed E-state index contributed by atoms with van der Waals surface area (Å²) in [5.74, 6) is 0.720. The molecule has 0 radical (unpaired) electrons. The van der Waals surface area contributed by atoms with Crippen LogP contribution < -0.4 is 9.47 Å². The number of hydrogen-bond donors (Lipinski definition) is 0. The molecular weight excluding hydrogens is 330 g/mol. The monoisotopic (exact) mass is 355 g/mol. The average molecular weight is 355 g/mol. The summed E-state index contributed by atoms with van der Waals surface area (Å²) in [6, 6.07) is 9.99. The van der Waals surface area contributed by atoms with Gasteiger partial charge in [0, 0.05) is 17.9 Å². The van der Waals surface area contributed by atoms with Gasteiger partial charge in [-0.2, -0.15) is 0 Å². The second-order valence-corrected chi connectivity index (χ2v) is 6.71. The van der Waals surface area contributed by atoms with E-state index in [1.54, 1.807) is 4.90 Å². The third-order valence-corrected chi connectivity index (χ3v) is 4.41. The Balaban J connectivity index is 1.55. The van der Waals surface area contributed by atoms with Crippen LogP contribution in [0.1, 0.15) is 29.8 Å². The molecule has 1 aliphatic rings. The number of piperidine rings is 1. The number of carbonyl (C=O) groups is 1. The van der Waals surface area contributed by atoms with Gasteiger partial charge in [0.25, 0.3) is 5.91 Å². The fourth-order valence-corrected chi connectivity index (χ4v) is 3.11. The minimum atomic E-state index is -0.0904. The Labute approximate surface area is 154 Å². The minimum absolute atomic E-state index is 0.0251. The molecule has 1 amide bonds. The van der Waals surface area contributed by atoms with E-state index in [4.69, 9.17) is 9.47 Å². The van der Waals surface area contributed by atoms with Gasteiger partial charge in [0.05, 0.1) is 6.54 Å². The lowest BCUT2D eigenvalue weighted by atomic mass is 10.1. The predicted molar refractivity (Wildman–Crippen MR) is 98.4 cm³/mol. The molecule has 3 rings (SSSR count). The maximum Gasteiger partial charge on any atom is 0.317 e. The Morgan fingerprint density at radius 3 is 2.65 bits per heavy atom. The fourth-order valence-electron chi connectivity index (χ4n) is 3.11. The van der Waals surface area contributed by atoms with Crippen molar-refractivity contribution >= 4 is 5.91 Å². The number of likely N-dealkylation sites (tertiary alicyclic amines) is 1. The number of ether oxygens (including phenoxy) is 2. The van der Waals surface area contributed by atoms with Crippen LogP contribution in [0, 0.1) is 20.8 Å². The molecule has 0 bridgehead atoms. The summed E-state index contributed by atoms with van der Waals surface area (Å²) in [6.45, 7) is 7.10. The van der Waals surface area contributed by atoms with Gasteiger partial charge in [0.1, 0.15) is 11.9 Å². The normalized spacial score (nSPS) is 17.0. The summed E-state index contributed by atoms with van der Waals surface area (Å²) in [5, 5.41) is 0. The first kappa shape index (κ1) is 18.2. The van der Waals surface area contributed by atoms with Gasteiger partial charge in [0.2, 0.25) is 0 Å². The van der Waals surface area contributed by atoms with Gasteiger partial charge in [-0.05, 0) is 51.3 Å². The van der Waals surface area contributed by atoms with Gasteiger partial charge in [-0.25, -0.2) is 9.97 Å².